The fourth-order valence-electron chi connectivity index (χ4n) is 6.56. The highest BCUT2D eigenvalue weighted by atomic mass is 16.6. The Hall–Kier alpha value is -4.53. The van der Waals surface area contributed by atoms with Gasteiger partial charge in [0.15, 0.2) is 11.5 Å². The SMILES string of the molecule is CCCCCCCCCCCCCCCCC(=O)NC(C)(C)CO.COc1cc(C(C)NC(=O)CCCN2C(=O)C=CC2=O)c([N+](=O)[O-])cc1OCCCC(=O)NCC(C)C. The van der Waals surface area contributed by atoms with Gasteiger partial charge >= 0.3 is 0 Å². The first-order chi connectivity index (χ1) is 29.0. The number of hydrogen-bond acceptors (Lipinski definition) is 10. The first-order valence-electron chi connectivity index (χ1n) is 22.6. The normalized spacial score (nSPS) is 12.8. The molecule has 0 spiro atoms. The summed E-state index contributed by atoms with van der Waals surface area (Å²) in [5.74, 6) is -0.490. The third-order valence-electron chi connectivity index (χ3n) is 10.2. The van der Waals surface area contributed by atoms with Gasteiger partial charge in [0.1, 0.15) is 0 Å². The summed E-state index contributed by atoms with van der Waals surface area (Å²) in [7, 11) is 1.40. The number of hydrogen-bond donors (Lipinski definition) is 4. The Labute approximate surface area is 364 Å². The molecule has 0 saturated carbocycles. The Morgan fingerprint density at radius 3 is 1.80 bits per heavy atom. The van der Waals surface area contributed by atoms with E-state index in [2.05, 4.69) is 22.9 Å². The topological polar surface area (TPSA) is 207 Å². The third kappa shape index (κ3) is 24.5. The fourth-order valence-corrected chi connectivity index (χ4v) is 6.56. The van der Waals surface area contributed by atoms with Crippen LogP contribution in [0.5, 0.6) is 11.5 Å². The van der Waals surface area contributed by atoms with Crippen molar-refractivity contribution in [3.63, 3.8) is 0 Å². The number of aliphatic hydroxyl groups is 1. The van der Waals surface area contributed by atoms with Crippen molar-refractivity contribution in [1.29, 1.82) is 0 Å². The van der Waals surface area contributed by atoms with Gasteiger partial charge in [-0.1, -0.05) is 104 Å². The molecule has 1 aromatic rings. The van der Waals surface area contributed by atoms with Crippen LogP contribution in [-0.4, -0.2) is 83.4 Å². The van der Waals surface area contributed by atoms with E-state index < -0.39 is 28.3 Å². The highest BCUT2D eigenvalue weighted by Crippen LogP contribution is 2.37. The Morgan fingerprint density at radius 2 is 1.30 bits per heavy atom. The molecule has 0 saturated heterocycles. The van der Waals surface area contributed by atoms with Gasteiger partial charge in [-0.25, -0.2) is 0 Å². The van der Waals surface area contributed by atoms with Crippen LogP contribution in [0, 0.1) is 16.0 Å². The quantitative estimate of drug-likeness (QED) is 0.0237. The summed E-state index contributed by atoms with van der Waals surface area (Å²) in [5.41, 5.74) is -0.519. The van der Waals surface area contributed by atoms with E-state index in [0.29, 0.717) is 25.3 Å². The van der Waals surface area contributed by atoms with Gasteiger partial charge in [-0.2, -0.15) is 0 Å². The van der Waals surface area contributed by atoms with E-state index in [9.17, 15) is 34.1 Å². The minimum atomic E-state index is -0.725. The molecule has 346 valence electrons. The summed E-state index contributed by atoms with van der Waals surface area (Å²) >= 11 is 0. The number of imide groups is 1. The standard InChI is InChI=1S/C25H34N4O8.C21H43NO2/c1-16(2)15-26-22(30)8-6-12-37-21-14-19(29(34)35)18(13-20(21)36-4)17(3)27-23(31)7-5-11-28-24(32)9-10-25(28)33;1-4-5-6-7-8-9-10-11-12-13-14-15-16-17-18-20(24)22-21(2,3)19-23/h9-10,13-14,16-17H,5-8,11-12,15H2,1-4H3,(H,26,30)(H,27,31);23H,4-19H2,1-3H3,(H,22,24). The molecule has 1 atom stereocenters. The molecule has 2 rings (SSSR count). The van der Waals surface area contributed by atoms with Crippen LogP contribution in [0.25, 0.3) is 0 Å². The lowest BCUT2D eigenvalue weighted by Crippen LogP contribution is -2.46. The number of rotatable bonds is 32. The van der Waals surface area contributed by atoms with E-state index in [4.69, 9.17) is 14.6 Å². The molecule has 0 aromatic heterocycles. The maximum Gasteiger partial charge on any atom is 0.278 e. The van der Waals surface area contributed by atoms with Crippen LogP contribution in [0.3, 0.4) is 0 Å². The summed E-state index contributed by atoms with van der Waals surface area (Å²) in [6.45, 7) is 12.4. The van der Waals surface area contributed by atoms with Crippen LogP contribution in [0.15, 0.2) is 24.3 Å². The number of ether oxygens (including phenoxy) is 2. The zero-order valence-corrected chi connectivity index (χ0v) is 38.2. The van der Waals surface area contributed by atoms with E-state index in [0.717, 1.165) is 17.7 Å². The average molecular weight is 860 g/mol. The molecule has 1 aromatic carbocycles. The molecule has 1 heterocycles. The van der Waals surface area contributed by atoms with Crippen LogP contribution in [0.2, 0.25) is 0 Å². The third-order valence-corrected chi connectivity index (χ3v) is 10.2. The second-order valence-electron chi connectivity index (χ2n) is 17.0. The second kappa shape index (κ2) is 31.3. The van der Waals surface area contributed by atoms with E-state index >= 15 is 0 Å². The Bertz CT molecular complexity index is 1510. The van der Waals surface area contributed by atoms with Crippen molar-refractivity contribution in [2.75, 3.05) is 33.4 Å². The molecular formula is C46H77N5O10. The van der Waals surface area contributed by atoms with E-state index in [1.165, 1.54) is 108 Å². The predicted molar refractivity (Wildman–Crippen MR) is 238 cm³/mol. The Balaban J connectivity index is 0.000000673. The van der Waals surface area contributed by atoms with E-state index in [-0.39, 0.29) is 79.5 Å². The van der Waals surface area contributed by atoms with Gasteiger partial charge in [-0.15, -0.1) is 0 Å². The number of amides is 5. The van der Waals surface area contributed by atoms with Crippen molar-refractivity contribution in [2.24, 2.45) is 5.92 Å². The lowest BCUT2D eigenvalue weighted by molar-refractivity contribution is -0.385. The fraction of sp³-hybridized carbons (Fsp3) is 0.717. The molecule has 1 unspecified atom stereocenters. The van der Waals surface area contributed by atoms with Gasteiger partial charge in [0.25, 0.3) is 17.5 Å². The molecule has 1 aliphatic heterocycles. The molecule has 0 fully saturated rings. The number of nitrogens with one attached hydrogen (secondary N) is 3. The van der Waals surface area contributed by atoms with Crippen molar-refractivity contribution in [3.8, 4) is 11.5 Å². The summed E-state index contributed by atoms with van der Waals surface area (Å²) in [6.07, 6.45) is 22.5. The van der Waals surface area contributed by atoms with Gasteiger partial charge in [-0.3, -0.25) is 39.0 Å². The van der Waals surface area contributed by atoms with E-state index in [1.54, 1.807) is 6.92 Å². The minimum Gasteiger partial charge on any atom is -0.493 e. The smallest absolute Gasteiger partial charge is 0.278 e. The molecule has 0 radical (unpaired) electrons. The number of aliphatic hydroxyl groups excluding tert-OH is 1. The molecule has 4 N–H and O–H groups in total. The lowest BCUT2D eigenvalue weighted by Gasteiger charge is -2.23. The molecule has 5 amide bonds. The highest BCUT2D eigenvalue weighted by molar-refractivity contribution is 6.12. The number of unbranched alkanes of at least 4 members (excludes halogenated alkanes) is 13. The maximum absolute atomic E-state index is 12.4. The Kier molecular flexibility index (Phi) is 28.0. The van der Waals surface area contributed by atoms with Crippen molar-refractivity contribution in [1.82, 2.24) is 20.9 Å². The summed E-state index contributed by atoms with van der Waals surface area (Å²) in [6, 6.07) is 1.96. The lowest BCUT2D eigenvalue weighted by atomic mass is 10.0. The summed E-state index contributed by atoms with van der Waals surface area (Å²) < 4.78 is 11.0. The van der Waals surface area contributed by atoms with Crippen LogP contribution in [0.1, 0.15) is 175 Å². The number of nitro benzene ring substituents is 1. The van der Waals surface area contributed by atoms with Gasteiger partial charge in [-0.05, 0) is 52.0 Å². The van der Waals surface area contributed by atoms with Gasteiger partial charge < -0.3 is 30.5 Å². The number of nitrogens with zero attached hydrogens (tertiary/aromatic N) is 2. The largest absolute Gasteiger partial charge is 0.493 e. The van der Waals surface area contributed by atoms with E-state index in [1.807, 2.05) is 27.7 Å². The number of nitro groups is 1. The number of methoxy groups -OCH3 is 1. The Morgan fingerprint density at radius 1 is 0.770 bits per heavy atom. The zero-order chi connectivity index (χ0) is 45.6. The van der Waals surface area contributed by atoms with Crippen molar-refractivity contribution in [3.05, 3.63) is 40.0 Å². The summed E-state index contributed by atoms with van der Waals surface area (Å²) in [4.78, 5) is 71.4. The van der Waals surface area contributed by atoms with Gasteiger partial charge in [0.2, 0.25) is 17.7 Å². The second-order valence-corrected chi connectivity index (χ2v) is 17.0. The first kappa shape index (κ1) is 54.5. The van der Waals surface area contributed by atoms with Gasteiger partial charge in [0.05, 0.1) is 48.5 Å². The summed E-state index contributed by atoms with van der Waals surface area (Å²) in [5, 5.41) is 29.3. The van der Waals surface area contributed by atoms with Crippen molar-refractivity contribution < 1.29 is 43.5 Å². The molecule has 0 aliphatic carbocycles. The number of benzene rings is 1. The average Bonchev–Trinajstić information content (AvgIpc) is 3.53. The van der Waals surface area contributed by atoms with Gasteiger partial charge in [0, 0.05) is 44.5 Å². The van der Waals surface area contributed by atoms with Crippen LogP contribution >= 0.6 is 0 Å². The first-order valence-corrected chi connectivity index (χ1v) is 22.6. The van der Waals surface area contributed by atoms with Crippen LogP contribution < -0.4 is 25.4 Å². The molecule has 1 aliphatic rings. The highest BCUT2D eigenvalue weighted by Gasteiger charge is 2.26. The zero-order valence-electron chi connectivity index (χ0n) is 38.2. The molecular weight excluding hydrogens is 783 g/mol. The maximum atomic E-state index is 12.4. The number of carbonyl (C=O) groups excluding carboxylic acids is 5. The molecule has 0 bridgehead atoms. The van der Waals surface area contributed by atoms with Crippen LogP contribution in [0.4, 0.5) is 5.69 Å². The molecule has 61 heavy (non-hydrogen) atoms. The molecule has 15 nitrogen and oxygen atoms in total. The van der Waals surface area contributed by atoms with Crippen LogP contribution in [-0.2, 0) is 24.0 Å². The number of carbonyl (C=O) groups is 5. The molecule has 15 heteroatoms. The predicted octanol–water partition coefficient (Wildman–Crippen LogP) is 8.16. The van der Waals surface area contributed by atoms with Crippen molar-refractivity contribution in [2.45, 2.75) is 175 Å². The monoisotopic (exact) mass is 860 g/mol. The van der Waals surface area contributed by atoms with Crippen molar-refractivity contribution >= 4 is 35.2 Å². The minimum absolute atomic E-state index is 0.0164.